The van der Waals surface area contributed by atoms with Gasteiger partial charge in [0.15, 0.2) is 0 Å². The summed E-state index contributed by atoms with van der Waals surface area (Å²) in [4.78, 5) is 13.9. The first-order chi connectivity index (χ1) is 7.50. The van der Waals surface area contributed by atoms with Crippen LogP contribution in [0.3, 0.4) is 0 Å². The Bertz CT molecular complexity index is 263. The molecule has 4 nitrogen and oxygen atoms in total. The molecule has 0 aromatic rings. The van der Waals surface area contributed by atoms with Crippen molar-refractivity contribution in [1.29, 1.82) is 0 Å². The van der Waals surface area contributed by atoms with Crippen LogP contribution in [-0.2, 0) is 4.74 Å². The SMILES string of the molecule is CC(C)OC(=O)N(CC(N)=S)C1CCCC1. The van der Waals surface area contributed by atoms with Crippen molar-refractivity contribution in [3.05, 3.63) is 0 Å². The van der Waals surface area contributed by atoms with E-state index in [0.29, 0.717) is 11.5 Å². The molecule has 0 radical (unpaired) electrons. The van der Waals surface area contributed by atoms with Gasteiger partial charge < -0.3 is 10.5 Å². The van der Waals surface area contributed by atoms with Crippen LogP contribution in [0, 0.1) is 0 Å². The van der Waals surface area contributed by atoms with Gasteiger partial charge in [-0.3, -0.25) is 4.90 Å². The Hall–Kier alpha value is -0.840. The summed E-state index contributed by atoms with van der Waals surface area (Å²) in [7, 11) is 0. The molecule has 0 aliphatic heterocycles. The third-order valence-corrected chi connectivity index (χ3v) is 2.79. The fourth-order valence-corrected chi connectivity index (χ4v) is 2.13. The molecule has 1 saturated carbocycles. The second-order valence-electron chi connectivity index (χ2n) is 4.47. The maximum Gasteiger partial charge on any atom is 0.410 e. The molecule has 2 N–H and O–H groups in total. The monoisotopic (exact) mass is 244 g/mol. The molecule has 16 heavy (non-hydrogen) atoms. The first-order valence-electron chi connectivity index (χ1n) is 5.76. The molecule has 1 aliphatic rings. The third kappa shape index (κ3) is 3.96. The zero-order valence-corrected chi connectivity index (χ0v) is 10.8. The number of amides is 1. The highest BCUT2D eigenvalue weighted by Gasteiger charge is 2.28. The molecule has 0 spiro atoms. The van der Waals surface area contributed by atoms with E-state index in [9.17, 15) is 4.79 Å². The fraction of sp³-hybridized carbons (Fsp3) is 0.818. The van der Waals surface area contributed by atoms with Crippen molar-refractivity contribution in [2.45, 2.75) is 51.7 Å². The maximum atomic E-state index is 11.9. The number of carbonyl (C=O) groups is 1. The Labute approximate surface area is 102 Å². The second kappa shape index (κ2) is 6.03. The van der Waals surface area contributed by atoms with Gasteiger partial charge in [-0.1, -0.05) is 25.1 Å². The topological polar surface area (TPSA) is 55.6 Å². The van der Waals surface area contributed by atoms with Gasteiger partial charge >= 0.3 is 6.09 Å². The molecular weight excluding hydrogens is 224 g/mol. The predicted octanol–water partition coefficient (Wildman–Crippen LogP) is 2.06. The highest BCUT2D eigenvalue weighted by atomic mass is 32.1. The molecule has 0 bridgehead atoms. The molecule has 1 rings (SSSR count). The molecule has 1 amide bonds. The average Bonchev–Trinajstić information content (AvgIpc) is 2.64. The summed E-state index contributed by atoms with van der Waals surface area (Å²) in [6, 6.07) is 0.243. The van der Waals surface area contributed by atoms with Gasteiger partial charge in [-0.25, -0.2) is 4.79 Å². The second-order valence-corrected chi connectivity index (χ2v) is 4.99. The quantitative estimate of drug-likeness (QED) is 0.769. The van der Waals surface area contributed by atoms with Crippen LogP contribution < -0.4 is 5.73 Å². The maximum absolute atomic E-state index is 11.9. The van der Waals surface area contributed by atoms with Crippen molar-refractivity contribution in [3.63, 3.8) is 0 Å². The summed E-state index contributed by atoms with van der Waals surface area (Å²) in [5.41, 5.74) is 5.51. The number of nitrogens with two attached hydrogens (primary N) is 1. The molecule has 1 fully saturated rings. The van der Waals surface area contributed by atoms with Crippen molar-refractivity contribution in [2.75, 3.05) is 6.54 Å². The van der Waals surface area contributed by atoms with Gasteiger partial charge in [0.25, 0.3) is 0 Å². The fourth-order valence-electron chi connectivity index (χ4n) is 2.00. The Morgan fingerprint density at radius 1 is 1.50 bits per heavy atom. The summed E-state index contributed by atoms with van der Waals surface area (Å²) in [5.74, 6) is 0. The van der Waals surface area contributed by atoms with Crippen LogP contribution in [0.1, 0.15) is 39.5 Å². The number of ether oxygens (including phenoxy) is 1. The number of nitrogens with zero attached hydrogens (tertiary/aromatic N) is 1. The van der Waals surface area contributed by atoms with Gasteiger partial charge in [0.05, 0.1) is 17.6 Å². The Kier molecular flexibility index (Phi) is 4.99. The lowest BCUT2D eigenvalue weighted by Gasteiger charge is -2.28. The van der Waals surface area contributed by atoms with E-state index >= 15 is 0 Å². The minimum absolute atomic E-state index is 0.109. The first kappa shape index (κ1) is 13.2. The lowest BCUT2D eigenvalue weighted by molar-refractivity contribution is 0.0694. The predicted molar refractivity (Wildman–Crippen MR) is 67.4 cm³/mol. The third-order valence-electron chi connectivity index (χ3n) is 2.66. The minimum atomic E-state index is -0.297. The normalized spacial score (nSPS) is 16.4. The van der Waals surface area contributed by atoms with Crippen LogP contribution >= 0.6 is 12.2 Å². The minimum Gasteiger partial charge on any atom is -0.447 e. The summed E-state index contributed by atoms with van der Waals surface area (Å²) in [5, 5.41) is 0. The summed E-state index contributed by atoms with van der Waals surface area (Å²) < 4.78 is 5.20. The lowest BCUT2D eigenvalue weighted by Crippen LogP contribution is -2.44. The molecule has 0 aromatic carbocycles. The number of hydrogen-bond donors (Lipinski definition) is 1. The van der Waals surface area contributed by atoms with E-state index in [1.54, 1.807) is 4.90 Å². The largest absolute Gasteiger partial charge is 0.447 e. The summed E-state index contributed by atoms with van der Waals surface area (Å²) >= 11 is 4.87. The summed E-state index contributed by atoms with van der Waals surface area (Å²) in [6.07, 6.45) is 3.96. The van der Waals surface area contributed by atoms with Crippen LogP contribution in [0.25, 0.3) is 0 Å². The molecule has 0 aromatic heterocycles. The van der Waals surface area contributed by atoms with E-state index < -0.39 is 0 Å². The molecule has 0 unspecified atom stereocenters. The van der Waals surface area contributed by atoms with Gasteiger partial charge in [0.1, 0.15) is 0 Å². The zero-order valence-electron chi connectivity index (χ0n) is 9.94. The van der Waals surface area contributed by atoms with Gasteiger partial charge in [0, 0.05) is 6.04 Å². The standard InChI is InChI=1S/C11H20N2O2S/c1-8(2)15-11(14)13(7-10(12)16)9-5-3-4-6-9/h8-9H,3-7H2,1-2H3,(H2,12,16). The van der Waals surface area contributed by atoms with E-state index in [0.717, 1.165) is 25.7 Å². The smallest absolute Gasteiger partial charge is 0.410 e. The van der Waals surface area contributed by atoms with E-state index in [2.05, 4.69) is 0 Å². The Balaban J connectivity index is 2.61. The van der Waals surface area contributed by atoms with Gasteiger partial charge in [-0.15, -0.1) is 0 Å². The Morgan fingerprint density at radius 2 is 2.06 bits per heavy atom. The molecule has 5 heteroatoms. The number of hydrogen-bond acceptors (Lipinski definition) is 3. The molecule has 0 saturated heterocycles. The van der Waals surface area contributed by atoms with Crippen LogP contribution in [0.15, 0.2) is 0 Å². The average molecular weight is 244 g/mol. The number of carbonyl (C=O) groups excluding carboxylic acids is 1. The van der Waals surface area contributed by atoms with Gasteiger partial charge in [0.2, 0.25) is 0 Å². The molecule has 1 aliphatic carbocycles. The van der Waals surface area contributed by atoms with Gasteiger partial charge in [-0.05, 0) is 26.7 Å². The van der Waals surface area contributed by atoms with Gasteiger partial charge in [-0.2, -0.15) is 0 Å². The van der Waals surface area contributed by atoms with Crippen molar-refractivity contribution in [1.82, 2.24) is 4.90 Å². The number of rotatable bonds is 4. The zero-order chi connectivity index (χ0) is 12.1. The van der Waals surface area contributed by atoms with Crippen LogP contribution in [0.4, 0.5) is 4.79 Å². The highest BCUT2D eigenvalue weighted by Crippen LogP contribution is 2.24. The number of thiocarbonyl (C=S) groups is 1. The van der Waals surface area contributed by atoms with Crippen molar-refractivity contribution >= 4 is 23.3 Å². The van der Waals surface area contributed by atoms with Crippen LogP contribution in [0.2, 0.25) is 0 Å². The molecule has 92 valence electrons. The molecule has 0 heterocycles. The van der Waals surface area contributed by atoms with Crippen molar-refractivity contribution < 1.29 is 9.53 Å². The molecular formula is C11H20N2O2S. The van der Waals surface area contributed by atoms with Crippen molar-refractivity contribution in [2.24, 2.45) is 5.73 Å². The van der Waals surface area contributed by atoms with Crippen LogP contribution in [0.5, 0.6) is 0 Å². The molecule has 0 atom stereocenters. The first-order valence-corrected chi connectivity index (χ1v) is 6.17. The highest BCUT2D eigenvalue weighted by molar-refractivity contribution is 7.80. The summed E-state index contributed by atoms with van der Waals surface area (Å²) in [6.45, 7) is 4.00. The van der Waals surface area contributed by atoms with E-state index in [1.165, 1.54) is 0 Å². The Morgan fingerprint density at radius 3 is 2.50 bits per heavy atom. The van der Waals surface area contributed by atoms with Crippen LogP contribution in [-0.4, -0.2) is 34.7 Å². The lowest BCUT2D eigenvalue weighted by atomic mass is 10.2. The van der Waals surface area contributed by atoms with E-state index in [-0.39, 0.29) is 18.2 Å². The van der Waals surface area contributed by atoms with E-state index in [4.69, 9.17) is 22.7 Å². The van der Waals surface area contributed by atoms with Crippen molar-refractivity contribution in [3.8, 4) is 0 Å². The van der Waals surface area contributed by atoms with E-state index in [1.807, 2.05) is 13.8 Å².